The topological polar surface area (TPSA) is 64.5 Å². The fraction of sp³-hybridized carbons (Fsp3) is 0.476. The molecule has 1 aromatic heterocycles. The first-order valence-corrected chi connectivity index (χ1v) is 9.96. The highest BCUT2D eigenvalue weighted by Gasteiger charge is 2.37. The Bertz CT molecular complexity index is 794. The number of amides is 1. The molecule has 7 heteroatoms. The SMILES string of the molecule is CCc1cnc(OC2CCCN(C(=O)C(C)(C)Oc3ccc(Cl)cc3)C2)nc1. The molecule has 3 rings (SSSR count). The van der Waals surface area contributed by atoms with Gasteiger partial charge >= 0.3 is 6.01 Å². The number of hydrogen-bond donors (Lipinski definition) is 0. The van der Waals surface area contributed by atoms with Gasteiger partial charge in [-0.1, -0.05) is 18.5 Å². The van der Waals surface area contributed by atoms with E-state index in [2.05, 4.69) is 16.9 Å². The van der Waals surface area contributed by atoms with Crippen LogP contribution in [0.4, 0.5) is 0 Å². The fourth-order valence-electron chi connectivity index (χ4n) is 3.18. The standard InChI is InChI=1S/C21H26ClN3O3/c1-4-15-12-23-20(24-13-15)27-18-6-5-11-25(14-18)19(26)21(2,3)28-17-9-7-16(22)8-10-17/h7-10,12-13,18H,4-6,11,14H2,1-3H3. The van der Waals surface area contributed by atoms with Gasteiger partial charge in [-0.3, -0.25) is 4.79 Å². The van der Waals surface area contributed by atoms with Crippen LogP contribution in [0, 0.1) is 0 Å². The van der Waals surface area contributed by atoms with E-state index in [9.17, 15) is 4.79 Å². The van der Waals surface area contributed by atoms with Crippen molar-refractivity contribution < 1.29 is 14.3 Å². The van der Waals surface area contributed by atoms with Crippen molar-refractivity contribution in [1.29, 1.82) is 0 Å². The number of aromatic nitrogens is 2. The molecule has 1 aromatic carbocycles. The third kappa shape index (κ3) is 5.13. The number of benzene rings is 1. The summed E-state index contributed by atoms with van der Waals surface area (Å²) in [4.78, 5) is 23.4. The van der Waals surface area contributed by atoms with E-state index < -0.39 is 5.60 Å². The molecule has 1 amide bonds. The average Bonchev–Trinajstić information content (AvgIpc) is 2.70. The Balaban J connectivity index is 1.61. The zero-order valence-electron chi connectivity index (χ0n) is 16.5. The predicted octanol–water partition coefficient (Wildman–Crippen LogP) is 3.92. The van der Waals surface area contributed by atoms with Gasteiger partial charge in [0.05, 0.1) is 6.54 Å². The van der Waals surface area contributed by atoms with E-state index in [0.717, 1.165) is 24.8 Å². The highest BCUT2D eigenvalue weighted by Crippen LogP contribution is 2.24. The van der Waals surface area contributed by atoms with E-state index >= 15 is 0 Å². The molecule has 1 aliphatic heterocycles. The summed E-state index contributed by atoms with van der Waals surface area (Å²) < 4.78 is 11.8. The Kier molecular flexibility index (Phi) is 6.39. The van der Waals surface area contributed by atoms with Crippen molar-refractivity contribution >= 4 is 17.5 Å². The van der Waals surface area contributed by atoms with Crippen LogP contribution in [0.2, 0.25) is 5.02 Å². The summed E-state index contributed by atoms with van der Waals surface area (Å²) in [5.74, 6) is 0.537. The van der Waals surface area contributed by atoms with Gasteiger partial charge in [-0.2, -0.15) is 0 Å². The molecule has 1 fully saturated rings. The summed E-state index contributed by atoms with van der Waals surface area (Å²) in [5.41, 5.74) is 0.0727. The van der Waals surface area contributed by atoms with Crippen LogP contribution in [-0.4, -0.2) is 45.6 Å². The van der Waals surface area contributed by atoms with Gasteiger partial charge in [0.1, 0.15) is 11.9 Å². The molecule has 0 radical (unpaired) electrons. The summed E-state index contributed by atoms with van der Waals surface area (Å²) >= 11 is 5.91. The van der Waals surface area contributed by atoms with E-state index in [0.29, 0.717) is 29.9 Å². The lowest BCUT2D eigenvalue weighted by Gasteiger charge is -2.37. The van der Waals surface area contributed by atoms with Gasteiger partial charge in [-0.15, -0.1) is 0 Å². The molecule has 1 aliphatic rings. The largest absolute Gasteiger partial charge is 0.478 e. The second-order valence-electron chi connectivity index (χ2n) is 7.43. The molecule has 2 aromatic rings. The zero-order chi connectivity index (χ0) is 20.1. The molecule has 1 saturated heterocycles. The number of likely N-dealkylation sites (tertiary alicyclic amines) is 1. The molecule has 2 heterocycles. The molecule has 6 nitrogen and oxygen atoms in total. The number of halogens is 1. The number of aryl methyl sites for hydroxylation is 1. The lowest BCUT2D eigenvalue weighted by molar-refractivity contribution is -0.148. The van der Waals surface area contributed by atoms with Gasteiger partial charge in [0.25, 0.3) is 5.91 Å². The number of ether oxygens (including phenoxy) is 2. The first kappa shape index (κ1) is 20.4. The van der Waals surface area contributed by atoms with Crippen molar-refractivity contribution in [2.75, 3.05) is 13.1 Å². The molecule has 0 bridgehead atoms. The van der Waals surface area contributed by atoms with Crippen LogP contribution in [-0.2, 0) is 11.2 Å². The summed E-state index contributed by atoms with van der Waals surface area (Å²) in [6.07, 6.45) is 6.03. The van der Waals surface area contributed by atoms with Gasteiger partial charge in [0, 0.05) is 24.0 Å². The molecule has 0 saturated carbocycles. The van der Waals surface area contributed by atoms with Gasteiger partial charge in [0.2, 0.25) is 0 Å². The van der Waals surface area contributed by atoms with Crippen LogP contribution in [0.1, 0.15) is 39.2 Å². The lowest BCUT2D eigenvalue weighted by Crippen LogP contribution is -2.53. The summed E-state index contributed by atoms with van der Waals surface area (Å²) in [6, 6.07) is 7.36. The molecule has 0 aliphatic carbocycles. The fourth-order valence-corrected chi connectivity index (χ4v) is 3.30. The first-order chi connectivity index (χ1) is 13.4. The summed E-state index contributed by atoms with van der Waals surface area (Å²) in [7, 11) is 0. The Labute approximate surface area is 170 Å². The Morgan fingerprint density at radius 3 is 2.57 bits per heavy atom. The third-order valence-electron chi connectivity index (χ3n) is 4.73. The second kappa shape index (κ2) is 8.78. The lowest BCUT2D eigenvalue weighted by atomic mass is 10.0. The van der Waals surface area contributed by atoms with Crippen molar-refractivity contribution in [3.63, 3.8) is 0 Å². The third-order valence-corrected chi connectivity index (χ3v) is 4.98. The summed E-state index contributed by atoms with van der Waals surface area (Å²) in [6.45, 7) is 6.78. The van der Waals surface area contributed by atoms with E-state index in [1.54, 1.807) is 55.4 Å². The van der Waals surface area contributed by atoms with Crippen molar-refractivity contribution in [2.45, 2.75) is 51.7 Å². The molecule has 1 atom stereocenters. The van der Waals surface area contributed by atoms with E-state index in [1.807, 2.05) is 0 Å². The van der Waals surface area contributed by atoms with Crippen LogP contribution in [0.3, 0.4) is 0 Å². The number of carbonyl (C=O) groups is 1. The molecule has 0 N–H and O–H groups in total. The van der Waals surface area contributed by atoms with E-state index in [1.165, 1.54) is 0 Å². The van der Waals surface area contributed by atoms with Crippen molar-refractivity contribution in [2.24, 2.45) is 0 Å². The maximum atomic E-state index is 13.1. The number of piperidine rings is 1. The van der Waals surface area contributed by atoms with Crippen LogP contribution < -0.4 is 9.47 Å². The maximum absolute atomic E-state index is 13.1. The number of rotatable bonds is 6. The van der Waals surface area contributed by atoms with E-state index in [4.69, 9.17) is 21.1 Å². The summed E-state index contributed by atoms with van der Waals surface area (Å²) in [5, 5.41) is 0.627. The minimum Gasteiger partial charge on any atom is -0.478 e. The number of hydrogen-bond acceptors (Lipinski definition) is 5. The smallest absolute Gasteiger partial charge is 0.316 e. The number of carbonyl (C=O) groups excluding carboxylic acids is 1. The van der Waals surface area contributed by atoms with Crippen LogP contribution in [0.15, 0.2) is 36.7 Å². The first-order valence-electron chi connectivity index (χ1n) is 9.59. The quantitative estimate of drug-likeness (QED) is 0.731. The molecule has 0 spiro atoms. The minimum absolute atomic E-state index is 0.0713. The van der Waals surface area contributed by atoms with Gasteiger partial charge in [-0.05, 0) is 62.9 Å². The molecule has 1 unspecified atom stereocenters. The van der Waals surface area contributed by atoms with Crippen LogP contribution in [0.25, 0.3) is 0 Å². The van der Waals surface area contributed by atoms with Crippen LogP contribution in [0.5, 0.6) is 11.8 Å². The van der Waals surface area contributed by atoms with Crippen molar-refractivity contribution in [3.05, 3.63) is 47.2 Å². The Morgan fingerprint density at radius 2 is 1.93 bits per heavy atom. The Morgan fingerprint density at radius 1 is 1.25 bits per heavy atom. The number of nitrogens with zero attached hydrogens (tertiary/aromatic N) is 3. The van der Waals surface area contributed by atoms with E-state index in [-0.39, 0.29) is 12.0 Å². The Hall–Kier alpha value is -2.34. The molecule has 150 valence electrons. The van der Waals surface area contributed by atoms with Crippen molar-refractivity contribution in [3.8, 4) is 11.8 Å². The van der Waals surface area contributed by atoms with Gasteiger partial charge in [-0.25, -0.2) is 9.97 Å². The zero-order valence-corrected chi connectivity index (χ0v) is 17.3. The monoisotopic (exact) mass is 403 g/mol. The van der Waals surface area contributed by atoms with Crippen molar-refractivity contribution in [1.82, 2.24) is 14.9 Å². The highest BCUT2D eigenvalue weighted by atomic mass is 35.5. The highest BCUT2D eigenvalue weighted by molar-refractivity contribution is 6.30. The molecular formula is C21H26ClN3O3. The molecule has 28 heavy (non-hydrogen) atoms. The second-order valence-corrected chi connectivity index (χ2v) is 7.86. The average molecular weight is 404 g/mol. The maximum Gasteiger partial charge on any atom is 0.316 e. The molecular weight excluding hydrogens is 378 g/mol. The van der Waals surface area contributed by atoms with Crippen LogP contribution >= 0.6 is 11.6 Å². The van der Waals surface area contributed by atoms with Gasteiger partial charge < -0.3 is 14.4 Å². The minimum atomic E-state index is -0.991. The van der Waals surface area contributed by atoms with Gasteiger partial charge in [0.15, 0.2) is 5.60 Å². The normalized spacial score (nSPS) is 17.3. The predicted molar refractivity (Wildman–Crippen MR) is 108 cm³/mol.